The lowest BCUT2D eigenvalue weighted by atomic mass is 10.1. The molecule has 3 amide bonds. The monoisotopic (exact) mass is 572 g/mol. The van der Waals surface area contributed by atoms with Crippen molar-refractivity contribution in [1.29, 1.82) is 0 Å². The molecule has 4 rings (SSSR count). The molecule has 0 aromatic heterocycles. The third-order valence-corrected chi connectivity index (χ3v) is 6.08. The zero-order valence-electron chi connectivity index (χ0n) is 18.6. The van der Waals surface area contributed by atoms with Crippen LogP contribution >= 0.6 is 22.6 Å². The average molecular weight is 572 g/mol. The van der Waals surface area contributed by atoms with E-state index in [9.17, 15) is 14.0 Å². The number of carbonyl (C=O) groups is 2. The minimum Gasteiger partial charge on any atom is -0.493 e. The number of nitrogens with one attached hydrogen (secondary N) is 1. The Bertz CT molecular complexity index is 1260. The second kappa shape index (κ2) is 10.3. The lowest BCUT2D eigenvalue weighted by Crippen LogP contribution is -2.30. The van der Waals surface area contributed by atoms with Crippen molar-refractivity contribution in [2.75, 3.05) is 7.11 Å². The van der Waals surface area contributed by atoms with E-state index in [-0.39, 0.29) is 24.7 Å². The van der Waals surface area contributed by atoms with Crippen molar-refractivity contribution in [2.45, 2.75) is 20.1 Å². The fourth-order valence-electron chi connectivity index (χ4n) is 3.46. The number of hydrogen-bond donors (Lipinski definition) is 1. The van der Waals surface area contributed by atoms with Gasteiger partial charge in [-0.25, -0.2) is 9.18 Å². The molecule has 3 aromatic carbocycles. The summed E-state index contributed by atoms with van der Waals surface area (Å²) in [5.74, 6) is 0.321. The molecular weight excluding hydrogens is 550 g/mol. The Morgan fingerprint density at radius 2 is 1.71 bits per heavy atom. The summed E-state index contributed by atoms with van der Waals surface area (Å²) in [7, 11) is 1.53. The molecule has 0 unspecified atom stereocenters. The zero-order valence-corrected chi connectivity index (χ0v) is 20.8. The fourth-order valence-corrected chi connectivity index (χ4v) is 4.24. The van der Waals surface area contributed by atoms with E-state index in [0.29, 0.717) is 17.1 Å². The fraction of sp³-hybridized carbons (Fsp3) is 0.154. The van der Waals surface area contributed by atoms with Crippen molar-refractivity contribution in [3.63, 3.8) is 0 Å². The van der Waals surface area contributed by atoms with Gasteiger partial charge in [0.1, 0.15) is 18.1 Å². The largest absolute Gasteiger partial charge is 0.493 e. The highest BCUT2D eigenvalue weighted by Gasteiger charge is 2.33. The van der Waals surface area contributed by atoms with Crippen LogP contribution in [-0.2, 0) is 17.9 Å². The molecule has 0 radical (unpaired) electrons. The number of ether oxygens (including phenoxy) is 2. The number of nitrogens with zero attached hydrogens (tertiary/aromatic N) is 1. The minimum absolute atomic E-state index is 0.190. The molecule has 0 aliphatic carbocycles. The summed E-state index contributed by atoms with van der Waals surface area (Å²) < 4.78 is 25.3. The van der Waals surface area contributed by atoms with E-state index in [1.165, 1.54) is 24.1 Å². The maximum absolute atomic E-state index is 13.1. The summed E-state index contributed by atoms with van der Waals surface area (Å²) in [5, 5.41) is 2.65. The molecule has 174 valence electrons. The molecule has 0 atom stereocenters. The van der Waals surface area contributed by atoms with Crippen molar-refractivity contribution in [2.24, 2.45) is 0 Å². The van der Waals surface area contributed by atoms with Gasteiger partial charge in [0.05, 0.1) is 17.2 Å². The number of rotatable bonds is 7. The summed E-state index contributed by atoms with van der Waals surface area (Å²) in [4.78, 5) is 26.5. The molecule has 1 N–H and O–H groups in total. The van der Waals surface area contributed by atoms with Crippen molar-refractivity contribution in [1.82, 2.24) is 10.2 Å². The predicted octanol–water partition coefficient (Wildman–Crippen LogP) is 5.42. The van der Waals surface area contributed by atoms with Crippen LogP contribution in [0.1, 0.15) is 22.3 Å². The maximum Gasteiger partial charge on any atom is 0.329 e. The number of hydrogen-bond acceptors (Lipinski definition) is 4. The van der Waals surface area contributed by atoms with Crippen LogP contribution < -0.4 is 14.8 Å². The highest BCUT2D eigenvalue weighted by molar-refractivity contribution is 14.1. The molecule has 1 heterocycles. The number of carbonyl (C=O) groups excluding carboxylic acids is 2. The third kappa shape index (κ3) is 5.39. The normalized spacial score (nSPS) is 14.5. The number of methoxy groups -OCH3 is 1. The van der Waals surface area contributed by atoms with Gasteiger partial charge in [0.15, 0.2) is 11.5 Å². The lowest BCUT2D eigenvalue weighted by molar-refractivity contribution is -0.123. The molecule has 3 aromatic rings. The number of halogens is 2. The standard InChI is InChI=1S/C26H22FIN2O4/c1-16-3-5-17(6-4-16)14-30-25(31)22(29-26(30)32)12-19-11-21(28)24(23(13-19)33-2)34-15-18-7-9-20(27)10-8-18/h3-13H,14-15H2,1-2H3,(H,29,32)/b22-12+. The molecule has 0 saturated carbocycles. The van der Waals surface area contributed by atoms with Crippen molar-refractivity contribution < 1.29 is 23.5 Å². The number of amides is 3. The Balaban J connectivity index is 1.52. The second-order valence-corrected chi connectivity index (χ2v) is 8.98. The first kappa shape index (κ1) is 23.7. The molecule has 0 bridgehead atoms. The quantitative estimate of drug-likeness (QED) is 0.233. The zero-order chi connectivity index (χ0) is 24.2. The molecule has 1 aliphatic rings. The Morgan fingerprint density at radius 1 is 1.03 bits per heavy atom. The Hall–Kier alpha value is -3.40. The van der Waals surface area contributed by atoms with Gasteiger partial charge in [0.25, 0.3) is 5.91 Å². The summed E-state index contributed by atoms with van der Waals surface area (Å²) in [5.41, 5.74) is 3.66. The number of aryl methyl sites for hydroxylation is 1. The highest BCUT2D eigenvalue weighted by Crippen LogP contribution is 2.35. The van der Waals surface area contributed by atoms with E-state index in [1.807, 2.05) is 37.3 Å². The molecule has 34 heavy (non-hydrogen) atoms. The molecule has 1 saturated heterocycles. The molecule has 1 fully saturated rings. The van der Waals surface area contributed by atoms with Crippen LogP contribution in [0, 0.1) is 16.3 Å². The van der Waals surface area contributed by atoms with Gasteiger partial charge in [-0.2, -0.15) is 0 Å². The van der Waals surface area contributed by atoms with Crippen LogP contribution in [0.4, 0.5) is 9.18 Å². The van der Waals surface area contributed by atoms with Gasteiger partial charge in [-0.15, -0.1) is 0 Å². The van der Waals surface area contributed by atoms with Gasteiger partial charge in [-0.1, -0.05) is 42.0 Å². The van der Waals surface area contributed by atoms with Crippen molar-refractivity contribution >= 4 is 40.6 Å². The van der Waals surface area contributed by atoms with Crippen LogP contribution in [0.2, 0.25) is 0 Å². The Labute approximate surface area is 210 Å². The number of benzene rings is 3. The van der Waals surface area contributed by atoms with Gasteiger partial charge in [-0.3, -0.25) is 9.69 Å². The molecule has 1 aliphatic heterocycles. The minimum atomic E-state index is -0.460. The van der Waals surface area contributed by atoms with Crippen LogP contribution in [0.15, 0.2) is 66.4 Å². The third-order valence-electron chi connectivity index (χ3n) is 5.28. The van der Waals surface area contributed by atoms with Crippen LogP contribution in [0.3, 0.4) is 0 Å². The lowest BCUT2D eigenvalue weighted by Gasteiger charge is -2.14. The van der Waals surface area contributed by atoms with Gasteiger partial charge in [0.2, 0.25) is 0 Å². The van der Waals surface area contributed by atoms with Crippen molar-refractivity contribution in [3.8, 4) is 11.5 Å². The van der Waals surface area contributed by atoms with E-state index in [0.717, 1.165) is 20.3 Å². The molecule has 0 spiro atoms. The summed E-state index contributed by atoms with van der Waals surface area (Å²) in [6, 6.07) is 16.9. The second-order valence-electron chi connectivity index (χ2n) is 7.81. The van der Waals surface area contributed by atoms with E-state index in [1.54, 1.807) is 24.3 Å². The molecule has 6 nitrogen and oxygen atoms in total. The first-order valence-electron chi connectivity index (χ1n) is 10.5. The van der Waals surface area contributed by atoms with E-state index in [2.05, 4.69) is 27.9 Å². The van der Waals surface area contributed by atoms with E-state index >= 15 is 0 Å². The Morgan fingerprint density at radius 3 is 2.38 bits per heavy atom. The van der Waals surface area contributed by atoms with Crippen LogP contribution in [0.5, 0.6) is 11.5 Å². The molecular formula is C26H22FIN2O4. The van der Waals surface area contributed by atoms with E-state index < -0.39 is 11.9 Å². The summed E-state index contributed by atoms with van der Waals surface area (Å²) in [6.07, 6.45) is 1.61. The first-order valence-corrected chi connectivity index (χ1v) is 11.6. The first-order chi connectivity index (χ1) is 16.3. The molecule has 8 heteroatoms. The average Bonchev–Trinajstić information content (AvgIpc) is 3.07. The SMILES string of the molecule is COc1cc(/C=C2/NC(=O)N(Cc3ccc(C)cc3)C2=O)cc(I)c1OCc1ccc(F)cc1. The summed E-state index contributed by atoms with van der Waals surface area (Å²) >= 11 is 2.12. The van der Waals surface area contributed by atoms with E-state index in [4.69, 9.17) is 9.47 Å². The Kier molecular flexibility index (Phi) is 7.16. The summed E-state index contributed by atoms with van der Waals surface area (Å²) in [6.45, 7) is 2.42. The predicted molar refractivity (Wildman–Crippen MR) is 135 cm³/mol. The van der Waals surface area contributed by atoms with Crippen LogP contribution in [-0.4, -0.2) is 23.9 Å². The van der Waals surface area contributed by atoms with Crippen molar-refractivity contribution in [3.05, 3.63) is 98.0 Å². The van der Waals surface area contributed by atoms with Crippen LogP contribution in [0.25, 0.3) is 6.08 Å². The highest BCUT2D eigenvalue weighted by atomic mass is 127. The smallest absolute Gasteiger partial charge is 0.329 e. The number of urea groups is 1. The van der Waals surface area contributed by atoms with Gasteiger partial charge < -0.3 is 14.8 Å². The maximum atomic E-state index is 13.1. The van der Waals surface area contributed by atoms with Gasteiger partial charge in [0, 0.05) is 0 Å². The number of imide groups is 1. The van der Waals surface area contributed by atoms with Gasteiger partial charge in [-0.05, 0) is 76.5 Å². The topological polar surface area (TPSA) is 67.9 Å². The van der Waals surface area contributed by atoms with Gasteiger partial charge >= 0.3 is 6.03 Å².